The molecule has 2 aromatic heterocycles. The highest BCUT2D eigenvalue weighted by Crippen LogP contribution is 2.26. The quantitative estimate of drug-likeness (QED) is 0.613. The second kappa shape index (κ2) is 2.73. The minimum atomic E-state index is 0.808. The van der Waals surface area contributed by atoms with Crippen LogP contribution in [0.1, 0.15) is 12.5 Å². The highest BCUT2D eigenvalue weighted by Gasteiger charge is 2.18. The van der Waals surface area contributed by atoms with Gasteiger partial charge >= 0.3 is 0 Å². The Labute approximate surface area is 86.9 Å². The Hall–Kier alpha value is -2.03. The number of hydrogen-bond acceptors (Lipinski definition) is 3. The van der Waals surface area contributed by atoms with Crippen LogP contribution in [0.15, 0.2) is 24.8 Å². The highest BCUT2D eigenvalue weighted by molar-refractivity contribution is 5.85. The van der Waals surface area contributed by atoms with E-state index in [-0.39, 0.29) is 0 Å². The molecule has 0 spiro atoms. The van der Waals surface area contributed by atoms with Crippen LogP contribution >= 0.6 is 0 Å². The molecule has 0 N–H and O–H groups in total. The van der Waals surface area contributed by atoms with E-state index in [0.717, 1.165) is 27.4 Å². The SMILES string of the molecule is C=c1nccc2c1=C(C)c1cncnc1-2. The maximum Gasteiger partial charge on any atom is 0.116 e. The third-order valence-electron chi connectivity index (χ3n) is 2.78. The fourth-order valence-corrected chi connectivity index (χ4v) is 2.07. The average Bonchev–Trinajstić information content (AvgIpc) is 2.55. The van der Waals surface area contributed by atoms with Gasteiger partial charge in [-0.25, -0.2) is 9.97 Å². The van der Waals surface area contributed by atoms with Gasteiger partial charge in [0, 0.05) is 28.7 Å². The molecule has 0 aromatic carbocycles. The average molecular weight is 195 g/mol. The Bertz CT molecular complexity index is 659. The lowest BCUT2D eigenvalue weighted by atomic mass is 10.1. The van der Waals surface area contributed by atoms with Crippen LogP contribution < -0.4 is 10.6 Å². The van der Waals surface area contributed by atoms with Gasteiger partial charge in [-0.3, -0.25) is 4.98 Å². The molecule has 0 saturated heterocycles. The molecule has 0 unspecified atom stereocenters. The summed E-state index contributed by atoms with van der Waals surface area (Å²) in [6, 6.07) is 1.98. The predicted octanol–water partition coefficient (Wildman–Crippen LogP) is 0.481. The molecule has 3 heteroatoms. The fraction of sp³-hybridized carbons (Fsp3) is 0.0833. The van der Waals surface area contributed by atoms with E-state index in [1.54, 1.807) is 12.5 Å². The third-order valence-corrected chi connectivity index (χ3v) is 2.78. The zero-order chi connectivity index (χ0) is 10.4. The Morgan fingerprint density at radius 3 is 2.93 bits per heavy atom. The number of pyridine rings is 1. The summed E-state index contributed by atoms with van der Waals surface area (Å²) >= 11 is 0. The molecule has 3 nitrogen and oxygen atoms in total. The monoisotopic (exact) mass is 195 g/mol. The Kier molecular flexibility index (Phi) is 1.51. The van der Waals surface area contributed by atoms with Crippen molar-refractivity contribution in [3.05, 3.63) is 40.9 Å². The van der Waals surface area contributed by atoms with Crippen LogP contribution in [0.5, 0.6) is 0 Å². The van der Waals surface area contributed by atoms with Crippen LogP contribution in [0.2, 0.25) is 0 Å². The van der Waals surface area contributed by atoms with E-state index in [1.807, 2.05) is 12.3 Å². The van der Waals surface area contributed by atoms with Crippen molar-refractivity contribution in [2.24, 2.45) is 0 Å². The smallest absolute Gasteiger partial charge is 0.116 e. The summed E-state index contributed by atoms with van der Waals surface area (Å²) in [7, 11) is 0. The maximum absolute atomic E-state index is 4.30. The summed E-state index contributed by atoms with van der Waals surface area (Å²) in [5.74, 6) is 0. The van der Waals surface area contributed by atoms with Crippen LogP contribution in [0.4, 0.5) is 0 Å². The molecule has 0 aliphatic heterocycles. The van der Waals surface area contributed by atoms with Gasteiger partial charge in [-0.15, -0.1) is 0 Å². The zero-order valence-corrected chi connectivity index (χ0v) is 8.36. The number of nitrogens with zero attached hydrogens (tertiary/aromatic N) is 3. The molecule has 0 bridgehead atoms. The van der Waals surface area contributed by atoms with Gasteiger partial charge in [-0.2, -0.15) is 0 Å². The van der Waals surface area contributed by atoms with Crippen LogP contribution in [0, 0.1) is 0 Å². The van der Waals surface area contributed by atoms with E-state index in [0.29, 0.717) is 0 Å². The first kappa shape index (κ1) is 8.29. The first-order valence-electron chi connectivity index (χ1n) is 4.74. The molecular weight excluding hydrogens is 186 g/mol. The minimum absolute atomic E-state index is 0.808. The van der Waals surface area contributed by atoms with Crippen molar-refractivity contribution in [2.75, 3.05) is 0 Å². The third kappa shape index (κ3) is 0.973. The molecule has 0 amide bonds. The molecular formula is C12H9N3. The molecule has 2 heterocycles. The van der Waals surface area contributed by atoms with Crippen LogP contribution in [-0.2, 0) is 0 Å². The highest BCUT2D eigenvalue weighted by atomic mass is 14.8. The molecule has 0 fully saturated rings. The number of rotatable bonds is 0. The Morgan fingerprint density at radius 2 is 2.07 bits per heavy atom. The molecule has 0 radical (unpaired) electrons. The first-order chi connectivity index (χ1) is 7.29. The number of hydrogen-bond donors (Lipinski definition) is 0. The largest absolute Gasteiger partial charge is 0.257 e. The summed E-state index contributed by atoms with van der Waals surface area (Å²) in [6.45, 7) is 6.01. The van der Waals surface area contributed by atoms with Crippen LogP contribution in [0.3, 0.4) is 0 Å². The van der Waals surface area contributed by atoms with Gasteiger partial charge in [-0.1, -0.05) is 6.58 Å². The molecule has 72 valence electrons. The summed E-state index contributed by atoms with van der Waals surface area (Å²) in [5.41, 5.74) is 4.36. The van der Waals surface area contributed by atoms with Gasteiger partial charge in [0.05, 0.1) is 11.0 Å². The second-order valence-corrected chi connectivity index (χ2v) is 3.59. The molecule has 0 saturated carbocycles. The van der Waals surface area contributed by atoms with Crippen molar-refractivity contribution in [3.8, 4) is 11.3 Å². The maximum atomic E-state index is 4.30. The minimum Gasteiger partial charge on any atom is -0.257 e. The van der Waals surface area contributed by atoms with E-state index in [2.05, 4.69) is 28.5 Å². The Morgan fingerprint density at radius 1 is 1.20 bits per heavy atom. The molecule has 3 rings (SSSR count). The summed E-state index contributed by atoms with van der Waals surface area (Å²) in [4.78, 5) is 12.6. The molecule has 15 heavy (non-hydrogen) atoms. The number of fused-ring (bicyclic) bond motifs is 3. The van der Waals surface area contributed by atoms with E-state index in [1.165, 1.54) is 5.57 Å². The van der Waals surface area contributed by atoms with E-state index >= 15 is 0 Å². The van der Waals surface area contributed by atoms with Crippen LogP contribution in [0.25, 0.3) is 23.4 Å². The van der Waals surface area contributed by atoms with E-state index in [4.69, 9.17) is 0 Å². The van der Waals surface area contributed by atoms with E-state index < -0.39 is 0 Å². The zero-order valence-electron chi connectivity index (χ0n) is 8.36. The van der Waals surface area contributed by atoms with Crippen LogP contribution in [-0.4, -0.2) is 15.0 Å². The van der Waals surface area contributed by atoms with Gasteiger partial charge in [0.15, 0.2) is 0 Å². The van der Waals surface area contributed by atoms with Crippen molar-refractivity contribution in [3.63, 3.8) is 0 Å². The first-order valence-corrected chi connectivity index (χ1v) is 4.74. The second-order valence-electron chi connectivity index (χ2n) is 3.59. The van der Waals surface area contributed by atoms with Gasteiger partial charge < -0.3 is 0 Å². The topological polar surface area (TPSA) is 38.7 Å². The van der Waals surface area contributed by atoms with Crippen molar-refractivity contribution < 1.29 is 0 Å². The van der Waals surface area contributed by atoms with Gasteiger partial charge in [0.2, 0.25) is 0 Å². The number of aromatic nitrogens is 3. The molecule has 0 atom stereocenters. The van der Waals surface area contributed by atoms with Crippen molar-refractivity contribution in [1.82, 2.24) is 15.0 Å². The summed E-state index contributed by atoms with van der Waals surface area (Å²) < 4.78 is 0. The van der Waals surface area contributed by atoms with Crippen molar-refractivity contribution >= 4 is 12.2 Å². The fourth-order valence-electron chi connectivity index (χ4n) is 2.07. The van der Waals surface area contributed by atoms with E-state index in [9.17, 15) is 0 Å². The molecule has 1 aliphatic rings. The summed E-state index contributed by atoms with van der Waals surface area (Å²) in [5, 5.41) is 1.91. The predicted molar refractivity (Wildman–Crippen MR) is 58.2 cm³/mol. The Balaban J connectivity index is 2.58. The van der Waals surface area contributed by atoms with Gasteiger partial charge in [0.25, 0.3) is 0 Å². The van der Waals surface area contributed by atoms with Gasteiger partial charge in [-0.05, 0) is 18.6 Å². The lowest BCUT2D eigenvalue weighted by molar-refractivity contribution is 1.16. The molecule has 2 aromatic rings. The normalized spacial score (nSPS) is 12.5. The molecule has 1 aliphatic carbocycles. The van der Waals surface area contributed by atoms with Crippen molar-refractivity contribution in [1.29, 1.82) is 0 Å². The van der Waals surface area contributed by atoms with Crippen molar-refractivity contribution in [2.45, 2.75) is 6.92 Å². The standard InChI is InChI=1S/C12H9N3/c1-7-10-5-13-6-15-12(10)9-3-4-14-8(2)11(7)9/h3-6H,2H2,1H3. The lowest BCUT2D eigenvalue weighted by Crippen LogP contribution is -2.27. The van der Waals surface area contributed by atoms with Gasteiger partial charge in [0.1, 0.15) is 6.33 Å². The summed E-state index contributed by atoms with van der Waals surface area (Å²) in [6.07, 6.45) is 5.19. The lowest BCUT2D eigenvalue weighted by Gasteiger charge is -1.97.